The number of aryl methyl sites for hydroxylation is 2. The predicted octanol–water partition coefficient (Wildman–Crippen LogP) is 4.50. The van der Waals surface area contributed by atoms with Gasteiger partial charge in [0.05, 0.1) is 5.60 Å². The van der Waals surface area contributed by atoms with Gasteiger partial charge in [-0.3, -0.25) is 0 Å². The monoisotopic (exact) mass is 291 g/mol. The van der Waals surface area contributed by atoms with Crippen molar-refractivity contribution in [2.24, 2.45) is 0 Å². The van der Waals surface area contributed by atoms with E-state index in [4.69, 9.17) is 4.74 Å². The topological polar surface area (TPSA) is 21.3 Å². The van der Waals surface area contributed by atoms with Crippen molar-refractivity contribution in [1.82, 2.24) is 5.32 Å². The molecular weight excluding hydrogens is 258 g/mol. The molecule has 1 N–H and O–H groups in total. The average Bonchev–Trinajstić information content (AvgIpc) is 2.46. The Bertz CT molecular complexity index is 400. The van der Waals surface area contributed by atoms with E-state index in [-0.39, 0.29) is 5.60 Å². The molecule has 0 aromatic heterocycles. The summed E-state index contributed by atoms with van der Waals surface area (Å²) < 4.78 is 5.54. The van der Waals surface area contributed by atoms with Crippen molar-refractivity contribution in [1.29, 1.82) is 0 Å². The molecule has 21 heavy (non-hydrogen) atoms. The van der Waals surface area contributed by atoms with Crippen LogP contribution in [0.3, 0.4) is 0 Å². The number of rotatable bonds is 10. The van der Waals surface area contributed by atoms with Crippen LogP contribution in [0, 0.1) is 6.92 Å². The third kappa shape index (κ3) is 7.63. The van der Waals surface area contributed by atoms with Crippen molar-refractivity contribution in [2.75, 3.05) is 13.7 Å². The number of hydrogen-bond donors (Lipinski definition) is 1. The van der Waals surface area contributed by atoms with Crippen LogP contribution in [0.25, 0.3) is 0 Å². The van der Waals surface area contributed by atoms with E-state index >= 15 is 0 Å². The van der Waals surface area contributed by atoms with Crippen LogP contribution in [0.2, 0.25) is 0 Å². The first-order valence-corrected chi connectivity index (χ1v) is 8.31. The third-order valence-electron chi connectivity index (χ3n) is 4.19. The second-order valence-corrected chi connectivity index (χ2v) is 6.68. The summed E-state index contributed by atoms with van der Waals surface area (Å²) in [6, 6.07) is 9.45. The van der Waals surface area contributed by atoms with Gasteiger partial charge in [-0.05, 0) is 65.0 Å². The van der Waals surface area contributed by atoms with Gasteiger partial charge >= 0.3 is 0 Å². The molecular formula is C19H33NO. The molecule has 0 spiro atoms. The van der Waals surface area contributed by atoms with Gasteiger partial charge < -0.3 is 10.1 Å². The highest BCUT2D eigenvalue weighted by Gasteiger charge is 2.19. The first kappa shape index (κ1) is 18.2. The Hall–Kier alpha value is -0.860. The van der Waals surface area contributed by atoms with Gasteiger partial charge in [-0.2, -0.15) is 0 Å². The zero-order chi connectivity index (χ0) is 15.7. The maximum absolute atomic E-state index is 5.54. The molecule has 120 valence electrons. The molecule has 0 saturated carbocycles. The van der Waals surface area contributed by atoms with E-state index in [9.17, 15) is 0 Å². The van der Waals surface area contributed by atoms with E-state index in [1.165, 1.54) is 30.4 Å². The minimum atomic E-state index is -0.0184. The van der Waals surface area contributed by atoms with Crippen molar-refractivity contribution in [3.8, 4) is 0 Å². The highest BCUT2D eigenvalue weighted by atomic mass is 16.5. The van der Waals surface area contributed by atoms with Gasteiger partial charge in [0, 0.05) is 13.2 Å². The maximum Gasteiger partial charge on any atom is 0.0623 e. The molecule has 0 heterocycles. The Morgan fingerprint density at radius 1 is 1.24 bits per heavy atom. The summed E-state index contributed by atoms with van der Waals surface area (Å²) in [5, 5.41) is 3.70. The first-order valence-electron chi connectivity index (χ1n) is 8.31. The van der Waals surface area contributed by atoms with E-state index in [0.717, 1.165) is 19.4 Å². The molecule has 1 atom stereocenters. The average molecular weight is 291 g/mol. The van der Waals surface area contributed by atoms with Crippen LogP contribution in [-0.2, 0) is 11.2 Å². The fourth-order valence-electron chi connectivity index (χ4n) is 2.53. The molecule has 1 aromatic carbocycles. The lowest BCUT2D eigenvalue weighted by Crippen LogP contribution is -2.33. The molecule has 2 nitrogen and oxygen atoms in total. The summed E-state index contributed by atoms with van der Waals surface area (Å²) in [4.78, 5) is 0. The standard InChI is InChI=1S/C19H33NO/c1-6-14-20-18(12-13-19(3,4)21-5)11-10-17-9-7-8-16(2)15-17/h7-9,15,18,20H,6,10-14H2,1-5H3. The van der Waals surface area contributed by atoms with E-state index < -0.39 is 0 Å². The highest BCUT2D eigenvalue weighted by Crippen LogP contribution is 2.19. The lowest BCUT2D eigenvalue weighted by Gasteiger charge is -2.26. The van der Waals surface area contributed by atoms with Crippen molar-refractivity contribution in [2.45, 2.75) is 71.4 Å². The molecule has 2 heteroatoms. The summed E-state index contributed by atoms with van der Waals surface area (Å²) >= 11 is 0. The van der Waals surface area contributed by atoms with Gasteiger partial charge in [0.25, 0.3) is 0 Å². The molecule has 0 radical (unpaired) electrons. The normalized spacial score (nSPS) is 13.4. The van der Waals surface area contributed by atoms with Crippen LogP contribution in [-0.4, -0.2) is 25.3 Å². The first-order chi connectivity index (χ1) is 9.96. The molecule has 0 fully saturated rings. The molecule has 0 saturated heterocycles. The molecule has 0 bridgehead atoms. The lowest BCUT2D eigenvalue weighted by atomic mass is 9.95. The zero-order valence-electron chi connectivity index (χ0n) is 14.5. The SMILES string of the molecule is CCCNC(CCc1cccc(C)c1)CCC(C)(C)OC. The van der Waals surface area contributed by atoms with Crippen LogP contribution < -0.4 is 5.32 Å². The van der Waals surface area contributed by atoms with E-state index in [1.54, 1.807) is 7.11 Å². The summed E-state index contributed by atoms with van der Waals surface area (Å²) in [6.45, 7) is 9.84. The molecule has 0 aliphatic heterocycles. The smallest absolute Gasteiger partial charge is 0.0623 e. The van der Waals surface area contributed by atoms with Crippen LogP contribution in [0.5, 0.6) is 0 Å². The lowest BCUT2D eigenvalue weighted by molar-refractivity contribution is 0.0115. The Kier molecular flexibility index (Phi) is 7.98. The van der Waals surface area contributed by atoms with Gasteiger partial charge in [0.2, 0.25) is 0 Å². The second kappa shape index (κ2) is 9.22. The minimum Gasteiger partial charge on any atom is -0.379 e. The number of benzene rings is 1. The quantitative estimate of drug-likeness (QED) is 0.685. The number of hydrogen-bond acceptors (Lipinski definition) is 2. The largest absolute Gasteiger partial charge is 0.379 e. The summed E-state index contributed by atoms with van der Waals surface area (Å²) in [7, 11) is 1.81. The summed E-state index contributed by atoms with van der Waals surface area (Å²) in [6.07, 6.45) is 5.81. The fraction of sp³-hybridized carbons (Fsp3) is 0.684. The molecule has 1 rings (SSSR count). The van der Waals surface area contributed by atoms with E-state index in [1.807, 2.05) is 0 Å². The summed E-state index contributed by atoms with van der Waals surface area (Å²) in [5.74, 6) is 0. The van der Waals surface area contributed by atoms with Gasteiger partial charge in [-0.25, -0.2) is 0 Å². The van der Waals surface area contributed by atoms with Gasteiger partial charge in [-0.15, -0.1) is 0 Å². The van der Waals surface area contributed by atoms with Gasteiger partial charge in [0.1, 0.15) is 0 Å². The van der Waals surface area contributed by atoms with Crippen molar-refractivity contribution >= 4 is 0 Å². The fourth-order valence-corrected chi connectivity index (χ4v) is 2.53. The van der Waals surface area contributed by atoms with Gasteiger partial charge in [0.15, 0.2) is 0 Å². The van der Waals surface area contributed by atoms with E-state index in [2.05, 4.69) is 57.3 Å². The van der Waals surface area contributed by atoms with Crippen molar-refractivity contribution in [3.05, 3.63) is 35.4 Å². The minimum absolute atomic E-state index is 0.0184. The van der Waals surface area contributed by atoms with Gasteiger partial charge in [-0.1, -0.05) is 36.8 Å². The van der Waals surface area contributed by atoms with Crippen molar-refractivity contribution in [3.63, 3.8) is 0 Å². The van der Waals surface area contributed by atoms with Crippen molar-refractivity contribution < 1.29 is 4.74 Å². The number of nitrogens with one attached hydrogen (secondary N) is 1. The number of methoxy groups -OCH3 is 1. The number of ether oxygens (including phenoxy) is 1. The zero-order valence-corrected chi connectivity index (χ0v) is 14.5. The Balaban J connectivity index is 2.49. The maximum atomic E-state index is 5.54. The second-order valence-electron chi connectivity index (χ2n) is 6.68. The molecule has 1 aromatic rings. The van der Waals surface area contributed by atoms with Crippen LogP contribution >= 0.6 is 0 Å². The van der Waals surface area contributed by atoms with Crippen LogP contribution in [0.15, 0.2) is 24.3 Å². The predicted molar refractivity (Wildman–Crippen MR) is 91.9 cm³/mol. The Morgan fingerprint density at radius 3 is 2.62 bits per heavy atom. The molecule has 0 aliphatic carbocycles. The molecule has 0 aliphatic rings. The third-order valence-corrected chi connectivity index (χ3v) is 4.19. The van der Waals surface area contributed by atoms with E-state index in [0.29, 0.717) is 6.04 Å². The Labute approximate surface area is 131 Å². The van der Waals surface area contributed by atoms with Crippen LogP contribution in [0.1, 0.15) is 57.6 Å². The molecule has 0 amide bonds. The molecule has 1 unspecified atom stereocenters. The van der Waals surface area contributed by atoms with Crippen LogP contribution in [0.4, 0.5) is 0 Å². The highest BCUT2D eigenvalue weighted by molar-refractivity contribution is 5.22. The Morgan fingerprint density at radius 2 is 2.00 bits per heavy atom. The summed E-state index contributed by atoms with van der Waals surface area (Å²) in [5.41, 5.74) is 2.78.